The summed E-state index contributed by atoms with van der Waals surface area (Å²) < 4.78 is 12.0. The van der Waals surface area contributed by atoms with Crippen LogP contribution in [0.25, 0.3) is 0 Å². The predicted octanol–water partition coefficient (Wildman–Crippen LogP) is 4.88. The van der Waals surface area contributed by atoms with Crippen LogP contribution in [0.5, 0.6) is 11.5 Å². The molecule has 21 heavy (non-hydrogen) atoms. The van der Waals surface area contributed by atoms with Gasteiger partial charge in [-0.1, -0.05) is 24.6 Å². The van der Waals surface area contributed by atoms with Gasteiger partial charge in [-0.25, -0.2) is 0 Å². The zero-order valence-electron chi connectivity index (χ0n) is 12.1. The van der Waals surface area contributed by atoms with Crippen LogP contribution in [0, 0.1) is 0 Å². The molecule has 0 saturated heterocycles. The number of thiophene rings is 1. The molecule has 0 spiro atoms. The summed E-state index contributed by atoms with van der Waals surface area (Å²) in [5.41, 5.74) is 0.981. The number of hydrogen-bond donors (Lipinski definition) is 1. The van der Waals surface area contributed by atoms with Crippen molar-refractivity contribution < 1.29 is 9.47 Å². The summed E-state index contributed by atoms with van der Waals surface area (Å²) >= 11 is 11.3. The molecule has 2 aromatic rings. The van der Waals surface area contributed by atoms with E-state index in [2.05, 4.69) is 28.2 Å². The van der Waals surface area contributed by atoms with Gasteiger partial charge in [-0.2, -0.15) is 0 Å². The fourth-order valence-corrected chi connectivity index (χ4v) is 4.05. The number of nitrogens with one attached hydrogen (secondary N) is 1. The zero-order valence-corrected chi connectivity index (χ0v) is 15.2. The molecule has 2 rings (SSSR count). The van der Waals surface area contributed by atoms with Gasteiger partial charge in [-0.15, -0.1) is 11.3 Å². The Kier molecular flexibility index (Phi) is 5.93. The highest BCUT2D eigenvalue weighted by atomic mass is 79.9. The second kappa shape index (κ2) is 7.49. The lowest BCUT2D eigenvalue weighted by molar-refractivity contribution is 0.378. The van der Waals surface area contributed by atoms with E-state index in [4.69, 9.17) is 21.1 Å². The van der Waals surface area contributed by atoms with Gasteiger partial charge in [0.2, 0.25) is 0 Å². The number of methoxy groups -OCH3 is 2. The summed E-state index contributed by atoms with van der Waals surface area (Å²) in [4.78, 5) is 1.11. The van der Waals surface area contributed by atoms with E-state index in [9.17, 15) is 0 Å². The molecule has 114 valence electrons. The third-order valence-electron chi connectivity index (χ3n) is 3.11. The largest absolute Gasteiger partial charge is 0.496 e. The summed E-state index contributed by atoms with van der Waals surface area (Å²) in [5.74, 6) is 1.59. The van der Waals surface area contributed by atoms with Crippen molar-refractivity contribution in [1.82, 2.24) is 5.32 Å². The average Bonchev–Trinajstić information content (AvgIpc) is 2.83. The Hall–Kier alpha value is -0.750. The quantitative estimate of drug-likeness (QED) is 0.762. The van der Waals surface area contributed by atoms with Crippen molar-refractivity contribution in [3.63, 3.8) is 0 Å². The summed E-state index contributed by atoms with van der Waals surface area (Å²) in [6.07, 6.45) is 0. The molecule has 0 aliphatic heterocycles. The van der Waals surface area contributed by atoms with E-state index in [1.807, 2.05) is 24.3 Å². The maximum atomic E-state index is 6.18. The molecule has 0 aliphatic rings. The predicted molar refractivity (Wildman–Crippen MR) is 92.1 cm³/mol. The molecule has 0 bridgehead atoms. The number of benzene rings is 1. The summed E-state index contributed by atoms with van der Waals surface area (Å²) in [6.45, 7) is 2.89. The first kappa shape index (κ1) is 16.6. The number of halogens is 2. The van der Waals surface area contributed by atoms with Crippen molar-refractivity contribution >= 4 is 38.9 Å². The van der Waals surface area contributed by atoms with Gasteiger partial charge >= 0.3 is 0 Å². The highest BCUT2D eigenvalue weighted by Gasteiger charge is 2.24. The van der Waals surface area contributed by atoms with E-state index in [0.717, 1.165) is 32.3 Å². The van der Waals surface area contributed by atoms with Gasteiger partial charge in [0.15, 0.2) is 0 Å². The second-order valence-electron chi connectivity index (χ2n) is 4.34. The van der Waals surface area contributed by atoms with E-state index in [-0.39, 0.29) is 6.04 Å². The van der Waals surface area contributed by atoms with Gasteiger partial charge in [0.25, 0.3) is 0 Å². The molecule has 1 atom stereocenters. The first-order valence-electron chi connectivity index (χ1n) is 6.51. The molecule has 0 fully saturated rings. The topological polar surface area (TPSA) is 30.5 Å². The molecule has 1 unspecified atom stereocenters. The van der Waals surface area contributed by atoms with Gasteiger partial charge in [-0.3, -0.25) is 0 Å². The fraction of sp³-hybridized carbons (Fsp3) is 0.333. The second-order valence-corrected chi connectivity index (χ2v) is 7.15. The summed E-state index contributed by atoms with van der Waals surface area (Å²) in [5, 5.41) is 4.19. The zero-order chi connectivity index (χ0) is 15.4. The third kappa shape index (κ3) is 3.54. The minimum absolute atomic E-state index is 0.0325. The standard InChI is InChI=1S/C15H17BrClNO2S/c1-4-18-14(12-8-9(17)15(16)21-12)13-10(19-2)6-5-7-11(13)20-3/h5-8,14,18H,4H2,1-3H3. The number of hydrogen-bond acceptors (Lipinski definition) is 4. The van der Waals surface area contributed by atoms with Crippen LogP contribution in [0.1, 0.15) is 23.4 Å². The first-order chi connectivity index (χ1) is 10.1. The highest BCUT2D eigenvalue weighted by Crippen LogP contribution is 2.42. The van der Waals surface area contributed by atoms with Crippen molar-refractivity contribution in [2.45, 2.75) is 13.0 Å². The van der Waals surface area contributed by atoms with E-state index in [1.54, 1.807) is 25.6 Å². The molecule has 3 nitrogen and oxygen atoms in total. The van der Waals surface area contributed by atoms with Crippen LogP contribution in [0.2, 0.25) is 5.02 Å². The molecular weight excluding hydrogens is 374 g/mol. The van der Waals surface area contributed by atoms with Crippen molar-refractivity contribution in [1.29, 1.82) is 0 Å². The van der Waals surface area contributed by atoms with Crippen LogP contribution in [0.15, 0.2) is 28.1 Å². The molecular formula is C15H17BrClNO2S. The third-order valence-corrected chi connectivity index (χ3v) is 5.65. The summed E-state index contributed by atoms with van der Waals surface area (Å²) in [7, 11) is 3.33. The van der Waals surface area contributed by atoms with Crippen molar-refractivity contribution in [3.8, 4) is 11.5 Å². The van der Waals surface area contributed by atoms with Crippen LogP contribution in [0.3, 0.4) is 0 Å². The van der Waals surface area contributed by atoms with Gasteiger partial charge in [0, 0.05) is 4.88 Å². The van der Waals surface area contributed by atoms with Gasteiger partial charge in [0.05, 0.1) is 34.6 Å². The highest BCUT2D eigenvalue weighted by molar-refractivity contribution is 9.11. The van der Waals surface area contributed by atoms with E-state index in [0.29, 0.717) is 5.02 Å². The Morgan fingerprint density at radius 3 is 2.33 bits per heavy atom. The maximum Gasteiger partial charge on any atom is 0.127 e. The smallest absolute Gasteiger partial charge is 0.127 e. The Morgan fingerprint density at radius 1 is 1.29 bits per heavy atom. The normalized spacial score (nSPS) is 12.2. The van der Waals surface area contributed by atoms with Crippen molar-refractivity contribution in [2.24, 2.45) is 0 Å². The van der Waals surface area contributed by atoms with Crippen LogP contribution in [-0.2, 0) is 0 Å². The first-order valence-corrected chi connectivity index (χ1v) is 8.50. The lowest BCUT2D eigenvalue weighted by atomic mass is 10.0. The lowest BCUT2D eigenvalue weighted by Gasteiger charge is -2.22. The average molecular weight is 391 g/mol. The Morgan fingerprint density at radius 2 is 1.90 bits per heavy atom. The van der Waals surface area contributed by atoms with Crippen molar-refractivity contribution in [2.75, 3.05) is 20.8 Å². The van der Waals surface area contributed by atoms with Crippen LogP contribution in [0.4, 0.5) is 0 Å². The molecule has 0 saturated carbocycles. The molecule has 0 aliphatic carbocycles. The number of ether oxygens (including phenoxy) is 2. The molecule has 0 amide bonds. The van der Waals surface area contributed by atoms with E-state index in [1.165, 1.54) is 0 Å². The van der Waals surface area contributed by atoms with E-state index >= 15 is 0 Å². The Bertz CT molecular complexity index is 576. The Labute approximate surface area is 142 Å². The molecule has 6 heteroatoms. The summed E-state index contributed by atoms with van der Waals surface area (Å²) in [6, 6.07) is 7.73. The van der Waals surface area contributed by atoms with E-state index < -0.39 is 0 Å². The van der Waals surface area contributed by atoms with Crippen LogP contribution >= 0.6 is 38.9 Å². The monoisotopic (exact) mass is 389 g/mol. The molecule has 0 radical (unpaired) electrons. The SMILES string of the molecule is CCNC(c1cc(Cl)c(Br)s1)c1c(OC)cccc1OC. The van der Waals surface area contributed by atoms with Crippen LogP contribution < -0.4 is 14.8 Å². The van der Waals surface area contributed by atoms with Crippen molar-refractivity contribution in [3.05, 3.63) is 43.5 Å². The number of rotatable bonds is 6. The van der Waals surface area contributed by atoms with Gasteiger partial charge in [0.1, 0.15) is 11.5 Å². The van der Waals surface area contributed by atoms with Crippen LogP contribution in [-0.4, -0.2) is 20.8 Å². The molecule has 1 aromatic heterocycles. The Balaban J connectivity index is 2.57. The fourth-order valence-electron chi connectivity index (χ4n) is 2.22. The molecule has 1 N–H and O–H groups in total. The minimum Gasteiger partial charge on any atom is -0.496 e. The van der Waals surface area contributed by atoms with Gasteiger partial charge < -0.3 is 14.8 Å². The molecule has 1 aromatic carbocycles. The van der Waals surface area contributed by atoms with Gasteiger partial charge in [-0.05, 0) is 40.7 Å². The minimum atomic E-state index is -0.0325. The maximum absolute atomic E-state index is 6.18. The lowest BCUT2D eigenvalue weighted by Crippen LogP contribution is -2.22. The molecule has 1 heterocycles.